The lowest BCUT2D eigenvalue weighted by atomic mass is 10.2. The molecule has 0 radical (unpaired) electrons. The van der Waals surface area contributed by atoms with Crippen molar-refractivity contribution in [1.82, 2.24) is 0 Å². The number of aromatic hydroxyl groups is 2. The van der Waals surface area contributed by atoms with E-state index in [1.807, 2.05) is 45.2 Å². The van der Waals surface area contributed by atoms with Crippen LogP contribution in [0.1, 0.15) is 20.7 Å². The van der Waals surface area contributed by atoms with Crippen molar-refractivity contribution in [3.8, 4) is 11.5 Å². The molecule has 0 heterocycles. The largest absolute Gasteiger partial charge is 0.508 e. The molecule has 110 valence electrons. The zero-order valence-electron chi connectivity index (χ0n) is 10.4. The van der Waals surface area contributed by atoms with E-state index in [1.54, 1.807) is 18.2 Å². The number of carbonyl (C=O) groups is 2. The van der Waals surface area contributed by atoms with Crippen molar-refractivity contribution in [3.05, 3.63) is 52.2 Å². The third kappa shape index (κ3) is 5.36. The maximum Gasteiger partial charge on any atom is 0.152 e. The maximum absolute atomic E-state index is 10.6. The van der Waals surface area contributed by atoms with Crippen LogP contribution < -0.4 is 0 Å². The van der Waals surface area contributed by atoms with E-state index in [4.69, 9.17) is 5.11 Å². The number of hydrogen-bond acceptors (Lipinski definition) is 4. The van der Waals surface area contributed by atoms with Gasteiger partial charge in [0, 0.05) is 14.7 Å². The molecule has 2 aromatic rings. The molecule has 2 aromatic carbocycles. The summed E-state index contributed by atoms with van der Waals surface area (Å²) >= 11 is 6.07. The second kappa shape index (κ2) is 8.88. The van der Waals surface area contributed by atoms with Crippen molar-refractivity contribution in [2.24, 2.45) is 0 Å². The molecule has 0 bridgehead atoms. The molecule has 2 rings (SSSR count). The van der Waals surface area contributed by atoms with Crippen LogP contribution in [-0.2, 0) is 0 Å². The first-order valence-electron chi connectivity index (χ1n) is 5.46. The average molecular weight is 622 g/mol. The fourth-order valence-electron chi connectivity index (χ4n) is 1.30. The van der Waals surface area contributed by atoms with Gasteiger partial charge in [-0.1, -0.05) is 12.1 Å². The van der Waals surface area contributed by atoms with Crippen LogP contribution in [0, 0.1) is 10.7 Å². The molecule has 4 nitrogen and oxygen atoms in total. The summed E-state index contributed by atoms with van der Waals surface area (Å²) in [6, 6.07) is 7.97. The van der Waals surface area contributed by atoms with Gasteiger partial charge in [-0.15, -0.1) is 0 Å². The Morgan fingerprint density at radius 3 is 2.05 bits per heavy atom. The molecule has 0 fully saturated rings. The normalized spacial score (nSPS) is 9.48. The van der Waals surface area contributed by atoms with E-state index in [0.717, 1.165) is 13.4 Å². The highest BCUT2D eigenvalue weighted by Crippen LogP contribution is 2.31. The van der Waals surface area contributed by atoms with Gasteiger partial charge in [-0.2, -0.15) is 0 Å². The fourth-order valence-corrected chi connectivity index (χ4v) is 4.93. The summed E-state index contributed by atoms with van der Waals surface area (Å²) in [7, 11) is 0. The van der Waals surface area contributed by atoms with E-state index in [9.17, 15) is 14.7 Å². The summed E-state index contributed by atoms with van der Waals surface area (Å²) < 4.78 is 2.26. The van der Waals surface area contributed by atoms with Crippen molar-refractivity contribution < 1.29 is 19.8 Å². The van der Waals surface area contributed by atoms with Gasteiger partial charge in [0.1, 0.15) is 17.8 Å². The maximum atomic E-state index is 10.6. The number of carbonyl (C=O) groups excluding carboxylic acids is 2. The molecule has 0 aliphatic heterocycles. The van der Waals surface area contributed by atoms with E-state index in [0.29, 0.717) is 21.0 Å². The lowest BCUT2D eigenvalue weighted by Gasteiger charge is -2.04. The highest BCUT2D eigenvalue weighted by atomic mass is 127. The van der Waals surface area contributed by atoms with E-state index < -0.39 is 0 Å². The third-order valence-electron chi connectivity index (χ3n) is 2.31. The van der Waals surface area contributed by atoms with Crippen molar-refractivity contribution in [3.63, 3.8) is 0 Å². The molecular formula is C14H9I3O4. The molecular weight excluding hydrogens is 613 g/mol. The molecule has 0 aromatic heterocycles. The highest BCUT2D eigenvalue weighted by molar-refractivity contribution is 14.1. The third-order valence-corrected chi connectivity index (χ3v) is 5.11. The van der Waals surface area contributed by atoms with E-state index in [-0.39, 0.29) is 11.5 Å². The Morgan fingerprint density at radius 1 is 0.905 bits per heavy atom. The molecule has 0 aliphatic carbocycles. The summed E-state index contributed by atoms with van der Waals surface area (Å²) in [5.74, 6) is 0.318. The van der Waals surface area contributed by atoms with E-state index in [1.165, 1.54) is 12.1 Å². The van der Waals surface area contributed by atoms with Crippen LogP contribution in [0.3, 0.4) is 0 Å². The molecule has 0 saturated heterocycles. The predicted octanol–water partition coefficient (Wildman–Crippen LogP) is 4.22. The summed E-state index contributed by atoms with van der Waals surface area (Å²) in [6.45, 7) is 0. The Bertz CT molecular complexity index is 672. The Kier molecular flexibility index (Phi) is 7.87. The van der Waals surface area contributed by atoms with Gasteiger partial charge in [-0.25, -0.2) is 0 Å². The Labute approximate surface area is 162 Å². The zero-order valence-corrected chi connectivity index (χ0v) is 16.9. The molecule has 0 unspecified atom stereocenters. The highest BCUT2D eigenvalue weighted by Gasteiger charge is 2.11. The van der Waals surface area contributed by atoms with Crippen LogP contribution in [0.2, 0.25) is 0 Å². The number of phenols is 2. The molecule has 0 saturated carbocycles. The molecule has 0 spiro atoms. The number of rotatable bonds is 2. The van der Waals surface area contributed by atoms with Gasteiger partial charge in [-0.05, 0) is 86.0 Å². The lowest BCUT2D eigenvalue weighted by molar-refractivity contribution is 0.111. The van der Waals surface area contributed by atoms with Gasteiger partial charge in [0.15, 0.2) is 6.29 Å². The van der Waals surface area contributed by atoms with Gasteiger partial charge in [-0.3, -0.25) is 9.59 Å². The molecule has 0 amide bonds. The summed E-state index contributed by atoms with van der Waals surface area (Å²) in [4.78, 5) is 20.6. The Hall–Kier alpha value is -0.430. The number of halogens is 3. The van der Waals surface area contributed by atoms with Gasteiger partial charge < -0.3 is 10.2 Å². The molecule has 2 N–H and O–H groups in total. The summed E-state index contributed by atoms with van der Waals surface area (Å²) in [6.07, 6.45) is 1.46. The Balaban J connectivity index is 0.000000219. The Morgan fingerprint density at radius 2 is 1.57 bits per heavy atom. The molecule has 21 heavy (non-hydrogen) atoms. The van der Waals surface area contributed by atoms with Crippen LogP contribution in [0.4, 0.5) is 0 Å². The van der Waals surface area contributed by atoms with Crippen LogP contribution >= 0.6 is 67.8 Å². The first-order chi connectivity index (χ1) is 9.90. The first kappa shape index (κ1) is 18.6. The standard InChI is InChI=1S/C7H3I3O2.C7H6O2/c8-4-1-5(9)7(12)6(10)3(4)2-11;8-5-6-2-1-3-7(9)4-6/h1-2,12H;1-5,9H. The van der Waals surface area contributed by atoms with Gasteiger partial charge in [0.2, 0.25) is 0 Å². The monoisotopic (exact) mass is 622 g/mol. The van der Waals surface area contributed by atoms with Crippen molar-refractivity contribution in [1.29, 1.82) is 0 Å². The molecule has 0 atom stereocenters. The second-order valence-corrected chi connectivity index (χ2v) is 7.15. The minimum absolute atomic E-state index is 0.125. The topological polar surface area (TPSA) is 74.6 Å². The van der Waals surface area contributed by atoms with Crippen molar-refractivity contribution >= 4 is 80.3 Å². The number of hydrogen-bond donors (Lipinski definition) is 2. The van der Waals surface area contributed by atoms with E-state index >= 15 is 0 Å². The summed E-state index contributed by atoms with van der Waals surface area (Å²) in [5, 5.41) is 18.3. The molecule has 0 aliphatic rings. The molecule has 7 heteroatoms. The van der Waals surface area contributed by atoms with E-state index in [2.05, 4.69) is 22.6 Å². The minimum atomic E-state index is 0.125. The minimum Gasteiger partial charge on any atom is -0.508 e. The number of benzene rings is 2. The van der Waals surface area contributed by atoms with Crippen molar-refractivity contribution in [2.75, 3.05) is 0 Å². The average Bonchev–Trinajstić information content (AvgIpc) is 2.46. The van der Waals surface area contributed by atoms with Crippen molar-refractivity contribution in [2.45, 2.75) is 0 Å². The van der Waals surface area contributed by atoms with Crippen LogP contribution in [0.25, 0.3) is 0 Å². The zero-order chi connectivity index (χ0) is 16.0. The van der Waals surface area contributed by atoms with Crippen LogP contribution in [0.5, 0.6) is 11.5 Å². The van der Waals surface area contributed by atoms with Crippen LogP contribution in [0.15, 0.2) is 30.3 Å². The smallest absolute Gasteiger partial charge is 0.152 e. The lowest BCUT2D eigenvalue weighted by Crippen LogP contribution is -1.93. The number of phenolic OH excluding ortho intramolecular Hbond substituents is 2. The number of aldehydes is 2. The summed E-state index contributed by atoms with van der Waals surface area (Å²) in [5.41, 5.74) is 1.06. The quantitative estimate of drug-likeness (QED) is 0.389. The first-order valence-corrected chi connectivity index (χ1v) is 8.70. The van der Waals surface area contributed by atoms with Gasteiger partial charge in [0.05, 0.1) is 7.14 Å². The van der Waals surface area contributed by atoms with Crippen LogP contribution in [-0.4, -0.2) is 22.8 Å². The fraction of sp³-hybridized carbons (Fsp3) is 0. The van der Waals surface area contributed by atoms with Gasteiger partial charge in [0.25, 0.3) is 0 Å². The van der Waals surface area contributed by atoms with Gasteiger partial charge >= 0.3 is 0 Å². The second-order valence-electron chi connectivity index (χ2n) is 3.75. The predicted molar refractivity (Wildman–Crippen MR) is 105 cm³/mol. The SMILES string of the molecule is O=Cc1c(I)cc(I)c(O)c1I.O=Cc1cccc(O)c1.